The van der Waals surface area contributed by atoms with E-state index in [0.717, 1.165) is 44.7 Å². The molecule has 2 atom stereocenters. The number of nitrogens with one attached hydrogen (secondary N) is 2. The number of carbonyl (C=O) groups is 3. The van der Waals surface area contributed by atoms with Crippen LogP contribution < -0.4 is 15.5 Å². The average molecular weight is 490 g/mol. The van der Waals surface area contributed by atoms with Crippen molar-refractivity contribution < 1.29 is 23.5 Å². The Kier molecular flexibility index (Phi) is 7.78. The van der Waals surface area contributed by atoms with Crippen molar-refractivity contribution >= 4 is 23.6 Å². The van der Waals surface area contributed by atoms with Gasteiger partial charge in [0.1, 0.15) is 12.4 Å². The maximum atomic E-state index is 13.2. The van der Waals surface area contributed by atoms with Crippen LogP contribution in [0.2, 0.25) is 0 Å². The van der Waals surface area contributed by atoms with Crippen molar-refractivity contribution in [1.82, 2.24) is 20.4 Å². The summed E-state index contributed by atoms with van der Waals surface area (Å²) in [5.74, 6) is -0.268. The van der Waals surface area contributed by atoms with Crippen molar-refractivity contribution in [3.8, 4) is 0 Å². The lowest BCUT2D eigenvalue weighted by molar-refractivity contribution is -0.137. The molecule has 35 heavy (non-hydrogen) atoms. The van der Waals surface area contributed by atoms with Crippen LogP contribution in [0.4, 0.5) is 14.9 Å². The largest absolute Gasteiger partial charge is 0.453 e. The van der Waals surface area contributed by atoms with Crippen LogP contribution in [0.15, 0.2) is 24.3 Å². The lowest BCUT2D eigenvalue weighted by Gasteiger charge is -2.41. The molecule has 3 aliphatic rings. The summed E-state index contributed by atoms with van der Waals surface area (Å²) in [6, 6.07) is 7.19. The van der Waals surface area contributed by atoms with Gasteiger partial charge in [-0.25, -0.2) is 9.18 Å². The van der Waals surface area contributed by atoms with E-state index in [1.165, 1.54) is 19.2 Å². The van der Waals surface area contributed by atoms with Crippen LogP contribution in [0.25, 0.3) is 0 Å². The Morgan fingerprint density at radius 1 is 1.17 bits per heavy atom. The van der Waals surface area contributed by atoms with E-state index in [1.54, 1.807) is 4.90 Å². The smallest absolute Gasteiger partial charge is 0.407 e. The van der Waals surface area contributed by atoms with Crippen molar-refractivity contribution in [3.63, 3.8) is 0 Å². The van der Waals surface area contributed by atoms with Gasteiger partial charge in [-0.1, -0.05) is 0 Å². The average Bonchev–Trinajstić information content (AvgIpc) is 3.16. The SMILES string of the molecule is COC(=O)NCC(=O)N1CCC2(CC1)C[C@H](CCN1CCN(c3ccc(F)cc3)C[C@@H]1C)NC2=O. The number of benzene rings is 1. The Balaban J connectivity index is 1.22. The van der Waals surface area contributed by atoms with E-state index in [-0.39, 0.29) is 30.2 Å². The fourth-order valence-corrected chi connectivity index (χ4v) is 5.61. The molecule has 0 radical (unpaired) electrons. The van der Waals surface area contributed by atoms with Gasteiger partial charge in [0.15, 0.2) is 0 Å². The van der Waals surface area contributed by atoms with Crippen LogP contribution in [0.1, 0.15) is 32.6 Å². The maximum absolute atomic E-state index is 13.2. The van der Waals surface area contributed by atoms with Crippen LogP contribution in [-0.4, -0.2) is 92.7 Å². The minimum Gasteiger partial charge on any atom is -0.453 e. The number of amides is 3. The summed E-state index contributed by atoms with van der Waals surface area (Å²) in [7, 11) is 1.26. The fourth-order valence-electron chi connectivity index (χ4n) is 5.61. The molecule has 3 aliphatic heterocycles. The number of carbonyl (C=O) groups excluding carboxylic acids is 3. The van der Waals surface area contributed by atoms with E-state index in [0.29, 0.717) is 32.0 Å². The number of rotatable bonds is 6. The first kappa shape index (κ1) is 25.2. The molecule has 192 valence electrons. The molecule has 0 unspecified atom stereocenters. The highest BCUT2D eigenvalue weighted by atomic mass is 19.1. The lowest BCUT2D eigenvalue weighted by atomic mass is 9.75. The quantitative estimate of drug-likeness (QED) is 0.630. The van der Waals surface area contributed by atoms with E-state index in [2.05, 4.69) is 32.1 Å². The van der Waals surface area contributed by atoms with E-state index < -0.39 is 11.5 Å². The van der Waals surface area contributed by atoms with Crippen molar-refractivity contribution in [2.24, 2.45) is 5.41 Å². The van der Waals surface area contributed by atoms with Crippen LogP contribution in [0.5, 0.6) is 0 Å². The van der Waals surface area contributed by atoms with Gasteiger partial charge in [0.2, 0.25) is 11.8 Å². The van der Waals surface area contributed by atoms with Gasteiger partial charge in [-0.05, 0) is 56.9 Å². The van der Waals surface area contributed by atoms with Gasteiger partial charge in [0.05, 0.1) is 12.5 Å². The number of hydrogen-bond acceptors (Lipinski definition) is 6. The number of likely N-dealkylation sites (tertiary alicyclic amines) is 1. The summed E-state index contributed by atoms with van der Waals surface area (Å²) < 4.78 is 17.7. The topological polar surface area (TPSA) is 94.2 Å². The molecule has 0 aromatic heterocycles. The monoisotopic (exact) mass is 489 g/mol. The van der Waals surface area contributed by atoms with Gasteiger partial charge in [-0.3, -0.25) is 14.5 Å². The summed E-state index contributed by atoms with van der Waals surface area (Å²) >= 11 is 0. The Morgan fingerprint density at radius 3 is 2.54 bits per heavy atom. The zero-order chi connectivity index (χ0) is 25.0. The predicted octanol–water partition coefficient (Wildman–Crippen LogP) is 1.58. The number of anilines is 1. The number of alkyl carbamates (subject to hydrolysis) is 1. The van der Waals surface area contributed by atoms with Gasteiger partial charge in [0, 0.05) is 57.0 Å². The Morgan fingerprint density at radius 2 is 1.89 bits per heavy atom. The molecule has 1 aromatic rings. The number of hydrogen-bond donors (Lipinski definition) is 2. The highest BCUT2D eigenvalue weighted by Gasteiger charge is 2.48. The van der Waals surface area contributed by atoms with Crippen molar-refractivity contribution in [2.45, 2.75) is 44.7 Å². The first-order valence-electron chi connectivity index (χ1n) is 12.4. The zero-order valence-corrected chi connectivity index (χ0v) is 20.6. The molecule has 9 nitrogen and oxygen atoms in total. The number of nitrogens with zero attached hydrogens (tertiary/aromatic N) is 3. The lowest BCUT2D eigenvalue weighted by Crippen LogP contribution is -2.52. The summed E-state index contributed by atoms with van der Waals surface area (Å²) in [6.07, 6.45) is 2.37. The van der Waals surface area contributed by atoms with Crippen LogP contribution in [-0.2, 0) is 14.3 Å². The van der Waals surface area contributed by atoms with Gasteiger partial charge in [-0.15, -0.1) is 0 Å². The molecule has 3 heterocycles. The standard InChI is InChI=1S/C25H36FN5O4/c1-18-17-31(21-5-3-19(26)4-6-21)14-13-29(18)10-7-20-15-25(23(33)28-20)8-11-30(12-9-25)22(32)16-27-24(34)35-2/h3-6,18,20H,7-17H2,1-2H3,(H,27,34)(H,28,33)/t18-,20-/m0/s1. The molecule has 0 saturated carbocycles. The van der Waals surface area contributed by atoms with Gasteiger partial charge in [0.25, 0.3) is 0 Å². The third kappa shape index (κ3) is 5.86. The number of methoxy groups -OCH3 is 1. The second-order valence-electron chi connectivity index (χ2n) is 9.98. The van der Waals surface area contributed by atoms with Crippen LogP contribution in [0.3, 0.4) is 0 Å². The molecule has 0 aliphatic carbocycles. The van der Waals surface area contributed by atoms with E-state index in [1.807, 2.05) is 12.1 Å². The van der Waals surface area contributed by atoms with Crippen molar-refractivity contribution in [1.29, 1.82) is 0 Å². The normalized spacial score (nSPS) is 24.4. The van der Waals surface area contributed by atoms with Crippen molar-refractivity contribution in [2.75, 3.05) is 57.8 Å². The minimum atomic E-state index is -0.629. The first-order chi connectivity index (χ1) is 16.8. The van der Waals surface area contributed by atoms with Crippen LogP contribution >= 0.6 is 0 Å². The Hall–Kier alpha value is -2.88. The highest BCUT2D eigenvalue weighted by Crippen LogP contribution is 2.41. The van der Waals surface area contributed by atoms with Crippen LogP contribution in [0, 0.1) is 11.2 Å². The number of ether oxygens (including phenoxy) is 1. The zero-order valence-electron chi connectivity index (χ0n) is 20.6. The fraction of sp³-hybridized carbons (Fsp3) is 0.640. The number of halogens is 1. The first-order valence-corrected chi connectivity index (χ1v) is 12.4. The molecule has 1 spiro atoms. The number of piperidine rings is 1. The predicted molar refractivity (Wildman–Crippen MR) is 129 cm³/mol. The molecule has 3 amide bonds. The minimum absolute atomic E-state index is 0.0961. The third-order valence-corrected chi connectivity index (χ3v) is 7.82. The van der Waals surface area contributed by atoms with E-state index in [4.69, 9.17) is 0 Å². The second-order valence-corrected chi connectivity index (χ2v) is 9.98. The van der Waals surface area contributed by atoms with Crippen molar-refractivity contribution in [3.05, 3.63) is 30.1 Å². The summed E-state index contributed by atoms with van der Waals surface area (Å²) in [6.45, 7) is 6.79. The molecule has 3 fully saturated rings. The third-order valence-electron chi connectivity index (χ3n) is 7.82. The molecule has 0 bridgehead atoms. The number of piperazine rings is 1. The van der Waals surface area contributed by atoms with E-state index >= 15 is 0 Å². The maximum Gasteiger partial charge on any atom is 0.407 e. The molecule has 3 saturated heterocycles. The second kappa shape index (κ2) is 10.8. The van der Waals surface area contributed by atoms with Gasteiger partial charge in [-0.2, -0.15) is 0 Å². The molecular weight excluding hydrogens is 453 g/mol. The van der Waals surface area contributed by atoms with E-state index in [9.17, 15) is 18.8 Å². The molecular formula is C25H36FN5O4. The molecule has 4 rings (SSSR count). The Bertz CT molecular complexity index is 919. The summed E-state index contributed by atoms with van der Waals surface area (Å²) in [4.78, 5) is 42.9. The highest BCUT2D eigenvalue weighted by molar-refractivity contribution is 5.86. The van der Waals surface area contributed by atoms with Gasteiger partial charge >= 0.3 is 6.09 Å². The molecule has 2 N–H and O–H groups in total. The Labute approximate surface area is 205 Å². The summed E-state index contributed by atoms with van der Waals surface area (Å²) in [5.41, 5.74) is 0.651. The van der Waals surface area contributed by atoms with Gasteiger partial charge < -0.3 is 25.2 Å². The summed E-state index contributed by atoms with van der Waals surface area (Å²) in [5, 5.41) is 5.63. The molecule has 1 aromatic carbocycles. The molecule has 10 heteroatoms.